The first kappa shape index (κ1) is 21.6. The maximum atomic E-state index is 12.6. The number of hydrogen-bond acceptors (Lipinski definition) is 3. The summed E-state index contributed by atoms with van der Waals surface area (Å²) in [7, 11) is -7.26. The molecular weight excluding hydrogens is 327 g/mol. The molecule has 19 heavy (non-hydrogen) atoms. The summed E-state index contributed by atoms with van der Waals surface area (Å²) in [5.41, 5.74) is 0. The number of rotatable bonds is 5. The largest absolute Gasteiger partial charge is 1.00 e. The average Bonchev–Trinajstić information content (AvgIpc) is 2.15. The normalized spacial score (nSPS) is 15.1. The number of hydrogen-bond donors (Lipinski definition) is 0. The van der Waals surface area contributed by atoms with Gasteiger partial charge in [-0.15, -0.1) is 0 Å². The molecule has 0 aliphatic heterocycles. The Bertz CT molecular complexity index is 420. The predicted molar refractivity (Wildman–Crippen MR) is 39.8 cm³/mol. The molecule has 0 unspecified atom stereocenters. The number of alkyl halides is 8. The smallest absolute Gasteiger partial charge is 0.743 e. The molecule has 3 nitrogen and oxygen atoms in total. The van der Waals surface area contributed by atoms with Gasteiger partial charge in [0.25, 0.3) is 0 Å². The third-order valence-corrected chi connectivity index (χ3v) is 2.86. The molecule has 0 radical (unpaired) electrons. The minimum atomic E-state index is -7.26. The first-order valence-electron chi connectivity index (χ1n) is 4.03. The maximum Gasteiger partial charge on any atom is 1.00 e. The van der Waals surface area contributed by atoms with Crippen molar-refractivity contribution in [1.82, 2.24) is 0 Å². The van der Waals surface area contributed by atoms with Crippen LogP contribution < -0.4 is 29.6 Å². The first-order chi connectivity index (χ1) is 7.56. The van der Waals surface area contributed by atoms with Crippen LogP contribution in [-0.2, 0) is 10.1 Å². The fraction of sp³-hybridized carbons (Fsp3) is 1.00. The van der Waals surface area contributed by atoms with Gasteiger partial charge >= 0.3 is 52.6 Å². The van der Waals surface area contributed by atoms with E-state index in [-0.39, 0.29) is 36.5 Å². The van der Waals surface area contributed by atoms with Gasteiger partial charge in [-0.25, -0.2) is 8.42 Å². The molecule has 0 heterocycles. The monoisotopic (exact) mass is 332 g/mol. The molecule has 0 aliphatic rings. The summed E-state index contributed by atoms with van der Waals surface area (Å²) >= 11 is 0. The van der Waals surface area contributed by atoms with Gasteiger partial charge in [-0.3, -0.25) is 0 Å². The summed E-state index contributed by atoms with van der Waals surface area (Å²) in [5.74, 6) is -19.4. The maximum absolute atomic E-state index is 12.6. The number of halogens is 8. The molecule has 13 heteroatoms. The van der Waals surface area contributed by atoms with Crippen LogP contribution in [0.5, 0.6) is 0 Å². The van der Waals surface area contributed by atoms with Crippen LogP contribution >= 0.6 is 0 Å². The molecule has 0 rings (SSSR count). The van der Waals surface area contributed by atoms with E-state index < -0.39 is 39.6 Å². The molecule has 0 fully saturated rings. The zero-order valence-electron chi connectivity index (χ0n) is 9.36. The molecule has 0 bridgehead atoms. The molecule has 0 aromatic carbocycles. The fourth-order valence-electron chi connectivity index (χ4n) is 0.791. The summed E-state index contributed by atoms with van der Waals surface area (Å²) < 4.78 is 130. The van der Waals surface area contributed by atoms with Gasteiger partial charge in [0, 0.05) is 6.42 Å². The van der Waals surface area contributed by atoms with Crippen LogP contribution in [-0.4, -0.2) is 36.0 Å². The second kappa shape index (κ2) is 5.62. The van der Waals surface area contributed by atoms with E-state index in [2.05, 4.69) is 0 Å². The van der Waals surface area contributed by atoms with Gasteiger partial charge in [-0.2, -0.15) is 35.1 Å². The van der Waals surface area contributed by atoms with E-state index in [1.807, 2.05) is 0 Å². The van der Waals surface area contributed by atoms with Gasteiger partial charge in [-0.1, -0.05) is 6.92 Å². The van der Waals surface area contributed by atoms with Gasteiger partial charge < -0.3 is 4.55 Å². The van der Waals surface area contributed by atoms with E-state index >= 15 is 0 Å². The van der Waals surface area contributed by atoms with Crippen LogP contribution in [0.25, 0.3) is 0 Å². The summed E-state index contributed by atoms with van der Waals surface area (Å²) in [5, 5.41) is -6.87. The molecule has 0 aromatic rings. The summed E-state index contributed by atoms with van der Waals surface area (Å²) in [4.78, 5) is 0. The zero-order chi connectivity index (χ0) is 15.2. The van der Waals surface area contributed by atoms with Gasteiger partial charge in [0.05, 0.1) is 0 Å². The van der Waals surface area contributed by atoms with Crippen LogP contribution in [0.1, 0.15) is 13.3 Å². The van der Waals surface area contributed by atoms with Crippen LogP contribution in [0.4, 0.5) is 35.1 Å². The van der Waals surface area contributed by atoms with Crippen molar-refractivity contribution < 1.29 is 77.7 Å². The predicted octanol–water partition coefficient (Wildman–Crippen LogP) is -0.556. The van der Waals surface area contributed by atoms with Crippen molar-refractivity contribution in [3.63, 3.8) is 0 Å². The Morgan fingerprint density at radius 2 is 1.21 bits per heavy atom. The van der Waals surface area contributed by atoms with Crippen molar-refractivity contribution in [2.45, 2.75) is 36.4 Å². The molecule has 0 atom stereocenters. The SMILES string of the molecule is CCC(F)(F)C(F)(F)C(F)(F)C(F)(F)S(=O)(=O)[O-].[Na+]. The third kappa shape index (κ3) is 3.17. The Kier molecular flexibility index (Phi) is 6.40. The van der Waals surface area contributed by atoms with Gasteiger partial charge in [0.1, 0.15) is 0 Å². The summed E-state index contributed by atoms with van der Waals surface area (Å²) in [6, 6.07) is 0. The van der Waals surface area contributed by atoms with E-state index in [9.17, 15) is 48.1 Å². The Morgan fingerprint density at radius 1 is 0.895 bits per heavy atom. The zero-order valence-corrected chi connectivity index (χ0v) is 12.2. The molecule has 0 spiro atoms. The van der Waals surface area contributed by atoms with Crippen LogP contribution in [0.15, 0.2) is 0 Å². The fourth-order valence-corrected chi connectivity index (χ4v) is 1.23. The summed E-state index contributed by atoms with van der Waals surface area (Å²) in [6.45, 7) is 0.286. The standard InChI is InChI=1S/C6H6F8O3S.Na/c1-2-3(7,8)4(9,10)5(11,12)6(13,14)18(15,16)17;/h2H2,1H3,(H,15,16,17);/q;+1/p-1. The molecule has 0 aromatic heterocycles. The Balaban J connectivity index is 0. The molecule has 0 aliphatic carbocycles. The van der Waals surface area contributed by atoms with Crippen molar-refractivity contribution in [1.29, 1.82) is 0 Å². The second-order valence-corrected chi connectivity index (χ2v) is 4.60. The van der Waals surface area contributed by atoms with E-state index in [0.717, 1.165) is 0 Å². The molecule has 0 amide bonds. The molecule has 0 saturated carbocycles. The van der Waals surface area contributed by atoms with Crippen molar-refractivity contribution in [2.75, 3.05) is 0 Å². The topological polar surface area (TPSA) is 57.2 Å². The van der Waals surface area contributed by atoms with Crippen molar-refractivity contribution in [2.24, 2.45) is 0 Å². The van der Waals surface area contributed by atoms with Crippen molar-refractivity contribution in [3.05, 3.63) is 0 Å². The van der Waals surface area contributed by atoms with Gasteiger partial charge in [0.15, 0.2) is 10.1 Å². The minimum Gasteiger partial charge on any atom is -0.743 e. The van der Waals surface area contributed by atoms with E-state index in [1.54, 1.807) is 0 Å². The molecule has 110 valence electrons. The van der Waals surface area contributed by atoms with Crippen LogP contribution in [0, 0.1) is 0 Å². The second-order valence-electron chi connectivity index (χ2n) is 3.18. The van der Waals surface area contributed by atoms with Crippen molar-refractivity contribution >= 4 is 10.1 Å². The van der Waals surface area contributed by atoms with E-state index in [4.69, 9.17) is 0 Å². The molecular formula is C6H5F8NaO3S. The third-order valence-electron chi connectivity index (χ3n) is 1.98. The van der Waals surface area contributed by atoms with E-state index in [1.165, 1.54) is 0 Å². The van der Waals surface area contributed by atoms with Gasteiger partial charge in [-0.05, 0) is 0 Å². The minimum absolute atomic E-state index is 0. The van der Waals surface area contributed by atoms with Gasteiger partial charge in [0.2, 0.25) is 0 Å². The Hall–Kier alpha value is 0.350. The van der Waals surface area contributed by atoms with Crippen LogP contribution in [0.2, 0.25) is 0 Å². The average molecular weight is 332 g/mol. The van der Waals surface area contributed by atoms with Crippen molar-refractivity contribution in [3.8, 4) is 0 Å². The van der Waals surface area contributed by atoms with Crippen LogP contribution in [0.3, 0.4) is 0 Å². The Morgan fingerprint density at radius 3 is 1.42 bits per heavy atom. The quantitative estimate of drug-likeness (QED) is 0.385. The Labute approximate surface area is 124 Å². The summed E-state index contributed by atoms with van der Waals surface area (Å²) in [6.07, 6.45) is -1.97. The first-order valence-corrected chi connectivity index (χ1v) is 5.43. The molecule has 0 N–H and O–H groups in total. The van der Waals surface area contributed by atoms with E-state index in [0.29, 0.717) is 0 Å². The molecule has 0 saturated heterocycles.